The highest BCUT2D eigenvalue weighted by Crippen LogP contribution is 2.26. The molecule has 0 unspecified atom stereocenters. The zero-order chi connectivity index (χ0) is 9.78. The van der Waals surface area contributed by atoms with Gasteiger partial charge < -0.3 is 5.11 Å². The Kier molecular flexibility index (Phi) is 4.15. The minimum atomic E-state index is -0.878. The molecule has 0 amide bonds. The van der Waals surface area contributed by atoms with E-state index >= 15 is 0 Å². The molecular weight excluding hydrogens is 154 g/mol. The molecule has 12 heavy (non-hydrogen) atoms. The summed E-state index contributed by atoms with van der Waals surface area (Å²) in [6.45, 7) is 7.81. The van der Waals surface area contributed by atoms with Crippen molar-refractivity contribution < 1.29 is 9.90 Å². The third-order valence-corrected chi connectivity index (χ3v) is 2.40. The topological polar surface area (TPSA) is 49.7 Å². The van der Waals surface area contributed by atoms with E-state index in [0.717, 1.165) is 0 Å². The Morgan fingerprint density at radius 3 is 2.00 bits per heavy atom. The van der Waals surface area contributed by atoms with Crippen molar-refractivity contribution in [2.75, 3.05) is 6.54 Å². The van der Waals surface area contributed by atoms with E-state index in [1.807, 2.05) is 27.7 Å². The molecular formula is C9H17NO2. The first-order valence-electron chi connectivity index (χ1n) is 4.21. The minimum Gasteiger partial charge on any atom is -0.387 e. The summed E-state index contributed by atoms with van der Waals surface area (Å²) in [6, 6.07) is 0. The third-order valence-electron chi connectivity index (χ3n) is 2.40. The van der Waals surface area contributed by atoms with Gasteiger partial charge in [-0.2, -0.15) is 0 Å². The number of rotatable bonds is 4. The van der Waals surface area contributed by atoms with Gasteiger partial charge in [-0.25, -0.2) is 9.79 Å². The maximum atomic E-state index is 10.0. The lowest BCUT2D eigenvalue weighted by Crippen LogP contribution is -2.43. The quantitative estimate of drug-likeness (QED) is 0.513. The van der Waals surface area contributed by atoms with Crippen molar-refractivity contribution in [2.24, 2.45) is 16.8 Å². The zero-order valence-electron chi connectivity index (χ0n) is 8.16. The number of carbonyl (C=O) groups excluding carboxylic acids is 1. The second-order valence-electron chi connectivity index (χ2n) is 3.71. The van der Waals surface area contributed by atoms with Gasteiger partial charge in [-0.15, -0.1) is 0 Å². The Morgan fingerprint density at radius 2 is 1.75 bits per heavy atom. The van der Waals surface area contributed by atoms with Gasteiger partial charge in [0.05, 0.1) is 12.1 Å². The lowest BCUT2D eigenvalue weighted by molar-refractivity contribution is -0.0374. The van der Waals surface area contributed by atoms with E-state index in [4.69, 9.17) is 0 Å². The molecule has 70 valence electrons. The van der Waals surface area contributed by atoms with Crippen molar-refractivity contribution in [3.63, 3.8) is 0 Å². The van der Waals surface area contributed by atoms with Crippen LogP contribution in [0.25, 0.3) is 0 Å². The average molecular weight is 171 g/mol. The number of aliphatic imine (C=N–C) groups is 1. The van der Waals surface area contributed by atoms with Crippen molar-refractivity contribution in [2.45, 2.75) is 33.3 Å². The first kappa shape index (κ1) is 11.3. The van der Waals surface area contributed by atoms with Crippen molar-refractivity contribution >= 4 is 6.08 Å². The van der Waals surface area contributed by atoms with Crippen LogP contribution in [0.4, 0.5) is 0 Å². The van der Waals surface area contributed by atoms with Gasteiger partial charge in [-0.3, -0.25) is 0 Å². The molecule has 3 heteroatoms. The first-order valence-corrected chi connectivity index (χ1v) is 4.21. The van der Waals surface area contributed by atoms with E-state index in [9.17, 15) is 9.90 Å². The maximum Gasteiger partial charge on any atom is 0.235 e. The van der Waals surface area contributed by atoms with E-state index in [-0.39, 0.29) is 18.4 Å². The van der Waals surface area contributed by atoms with Gasteiger partial charge in [-0.1, -0.05) is 27.7 Å². The molecule has 0 heterocycles. The Labute approximate surface area is 73.5 Å². The van der Waals surface area contributed by atoms with Gasteiger partial charge in [0, 0.05) is 0 Å². The van der Waals surface area contributed by atoms with Crippen molar-refractivity contribution in [1.29, 1.82) is 0 Å². The van der Waals surface area contributed by atoms with Crippen molar-refractivity contribution in [1.82, 2.24) is 0 Å². The molecule has 1 N–H and O–H groups in total. The standard InChI is InChI=1S/C9H17NO2/c1-7(2)9(12,8(3)4)5-10-6-11/h7-8,12H,5H2,1-4H3. The predicted molar refractivity (Wildman–Crippen MR) is 47.6 cm³/mol. The Hall–Kier alpha value is -0.660. The second kappa shape index (κ2) is 4.39. The maximum absolute atomic E-state index is 10.0. The summed E-state index contributed by atoms with van der Waals surface area (Å²) in [5.74, 6) is 0.184. The number of isocyanates is 1. The van der Waals surface area contributed by atoms with Gasteiger partial charge in [0.25, 0.3) is 0 Å². The van der Waals surface area contributed by atoms with Gasteiger partial charge in [-0.05, 0) is 11.8 Å². The molecule has 0 aliphatic heterocycles. The summed E-state index contributed by atoms with van der Waals surface area (Å²) < 4.78 is 0. The largest absolute Gasteiger partial charge is 0.387 e. The normalized spacial score (nSPS) is 11.9. The molecule has 0 spiro atoms. The fraction of sp³-hybridized carbons (Fsp3) is 0.889. The zero-order valence-corrected chi connectivity index (χ0v) is 8.16. The smallest absolute Gasteiger partial charge is 0.235 e. The van der Waals surface area contributed by atoms with Crippen LogP contribution in [-0.2, 0) is 4.79 Å². The van der Waals surface area contributed by atoms with Crippen LogP contribution < -0.4 is 0 Å². The molecule has 0 saturated carbocycles. The summed E-state index contributed by atoms with van der Waals surface area (Å²) in [6.07, 6.45) is 1.45. The Balaban J connectivity index is 4.50. The number of nitrogens with zero attached hydrogens (tertiary/aromatic N) is 1. The first-order chi connectivity index (χ1) is 5.45. The SMILES string of the molecule is CC(C)C(O)(CN=C=O)C(C)C. The van der Waals surface area contributed by atoms with Crippen LogP contribution in [-0.4, -0.2) is 23.3 Å². The van der Waals surface area contributed by atoms with Crippen LogP contribution in [0.15, 0.2) is 4.99 Å². The summed E-state index contributed by atoms with van der Waals surface area (Å²) in [5.41, 5.74) is -0.878. The second-order valence-corrected chi connectivity index (χ2v) is 3.71. The van der Waals surface area contributed by atoms with Crippen LogP contribution in [0.5, 0.6) is 0 Å². The predicted octanol–water partition coefficient (Wildman–Crippen LogP) is 1.37. The van der Waals surface area contributed by atoms with Gasteiger partial charge in [0.15, 0.2) is 0 Å². The van der Waals surface area contributed by atoms with E-state index < -0.39 is 5.60 Å². The molecule has 0 aromatic heterocycles. The van der Waals surface area contributed by atoms with Crippen molar-refractivity contribution in [3.8, 4) is 0 Å². The van der Waals surface area contributed by atoms with Crippen LogP contribution in [0.3, 0.4) is 0 Å². The molecule has 0 aliphatic carbocycles. The van der Waals surface area contributed by atoms with Crippen LogP contribution in [0.2, 0.25) is 0 Å². The van der Waals surface area contributed by atoms with Gasteiger partial charge in [0.2, 0.25) is 6.08 Å². The van der Waals surface area contributed by atoms with Crippen LogP contribution in [0, 0.1) is 11.8 Å². The van der Waals surface area contributed by atoms with Crippen LogP contribution in [0.1, 0.15) is 27.7 Å². The average Bonchev–Trinajstić information content (AvgIpc) is 1.99. The van der Waals surface area contributed by atoms with E-state index in [1.165, 1.54) is 6.08 Å². The molecule has 0 atom stereocenters. The molecule has 3 nitrogen and oxygen atoms in total. The van der Waals surface area contributed by atoms with E-state index in [0.29, 0.717) is 0 Å². The molecule has 0 rings (SSSR count). The Bertz CT molecular complexity index is 173. The summed E-state index contributed by atoms with van der Waals surface area (Å²) >= 11 is 0. The van der Waals surface area contributed by atoms with Gasteiger partial charge in [0.1, 0.15) is 0 Å². The van der Waals surface area contributed by atoms with E-state index in [1.54, 1.807) is 0 Å². The highest BCUT2D eigenvalue weighted by atomic mass is 16.3. The lowest BCUT2D eigenvalue weighted by Gasteiger charge is -2.34. The molecule has 0 fully saturated rings. The third kappa shape index (κ3) is 2.43. The highest BCUT2D eigenvalue weighted by Gasteiger charge is 2.34. The van der Waals surface area contributed by atoms with Crippen molar-refractivity contribution in [3.05, 3.63) is 0 Å². The Morgan fingerprint density at radius 1 is 1.33 bits per heavy atom. The lowest BCUT2D eigenvalue weighted by atomic mass is 9.80. The fourth-order valence-electron chi connectivity index (χ4n) is 1.19. The number of hydrogen-bond donors (Lipinski definition) is 1. The fourth-order valence-corrected chi connectivity index (χ4v) is 1.19. The number of aliphatic hydroxyl groups is 1. The number of hydrogen-bond acceptors (Lipinski definition) is 3. The molecule has 0 radical (unpaired) electrons. The highest BCUT2D eigenvalue weighted by molar-refractivity contribution is 5.33. The molecule has 0 bridgehead atoms. The molecule has 0 aromatic rings. The molecule has 0 saturated heterocycles. The molecule has 0 aliphatic rings. The summed E-state index contributed by atoms with van der Waals surface area (Å²) in [4.78, 5) is 13.3. The molecule has 0 aromatic carbocycles. The van der Waals surface area contributed by atoms with Gasteiger partial charge >= 0.3 is 0 Å². The summed E-state index contributed by atoms with van der Waals surface area (Å²) in [5, 5.41) is 10.0. The minimum absolute atomic E-state index is 0.0922. The summed E-state index contributed by atoms with van der Waals surface area (Å²) in [7, 11) is 0. The monoisotopic (exact) mass is 171 g/mol. The van der Waals surface area contributed by atoms with Crippen LogP contribution >= 0.6 is 0 Å². The van der Waals surface area contributed by atoms with E-state index in [2.05, 4.69) is 4.99 Å².